The van der Waals surface area contributed by atoms with Gasteiger partial charge in [0, 0.05) is 31.6 Å². The normalized spacial score (nSPS) is 13.9. The third-order valence-electron chi connectivity index (χ3n) is 4.42. The second-order valence-corrected chi connectivity index (χ2v) is 8.35. The van der Waals surface area contributed by atoms with Crippen molar-refractivity contribution in [3.8, 4) is 0 Å². The molecular weight excluding hydrogens is 366 g/mol. The Balaban J connectivity index is 1.91. The van der Waals surface area contributed by atoms with Gasteiger partial charge in [-0.3, -0.25) is 9.59 Å². The van der Waals surface area contributed by atoms with E-state index in [2.05, 4.69) is 5.32 Å². The maximum absolute atomic E-state index is 13.2. The zero-order chi connectivity index (χ0) is 19.4. The van der Waals surface area contributed by atoms with Gasteiger partial charge in [-0.05, 0) is 35.7 Å². The molecule has 1 heterocycles. The molecule has 1 aliphatic rings. The summed E-state index contributed by atoms with van der Waals surface area (Å²) in [5, 5.41) is 2.74. The van der Waals surface area contributed by atoms with Gasteiger partial charge in [-0.2, -0.15) is 4.31 Å². The lowest BCUT2D eigenvalue weighted by molar-refractivity contribution is -0.118. The Labute approximate surface area is 158 Å². The topological polar surface area (TPSA) is 110 Å². The van der Waals surface area contributed by atoms with Crippen molar-refractivity contribution in [1.82, 2.24) is 4.31 Å². The van der Waals surface area contributed by atoms with E-state index in [9.17, 15) is 18.0 Å². The summed E-state index contributed by atoms with van der Waals surface area (Å²) in [5.74, 6) is -0.637. The fraction of sp³-hybridized carbons (Fsp3) is 0.263. The number of hydrogen-bond donors (Lipinski definition) is 2. The number of aryl methyl sites for hydroxylation is 1. The number of hydrogen-bond acceptors (Lipinski definition) is 4. The Hall–Kier alpha value is -2.71. The Kier molecular flexibility index (Phi) is 5.57. The number of carbonyl (C=O) groups excluding carboxylic acids is 2. The molecule has 8 heteroatoms. The molecule has 27 heavy (non-hydrogen) atoms. The second-order valence-electron chi connectivity index (χ2n) is 6.41. The number of nitrogens with one attached hydrogen (secondary N) is 1. The minimum absolute atomic E-state index is 0.000379. The summed E-state index contributed by atoms with van der Waals surface area (Å²) < 4.78 is 27.6. The molecule has 0 aromatic heterocycles. The fourth-order valence-electron chi connectivity index (χ4n) is 2.98. The molecule has 0 bridgehead atoms. The fourth-order valence-corrected chi connectivity index (χ4v) is 4.46. The summed E-state index contributed by atoms with van der Waals surface area (Å²) in [6.07, 6.45) is 0.753. The van der Waals surface area contributed by atoms with E-state index in [1.807, 2.05) is 30.3 Å². The van der Waals surface area contributed by atoms with Crippen molar-refractivity contribution in [2.45, 2.75) is 30.7 Å². The van der Waals surface area contributed by atoms with Crippen molar-refractivity contribution in [2.75, 3.05) is 11.9 Å². The van der Waals surface area contributed by atoms with Gasteiger partial charge < -0.3 is 11.1 Å². The maximum atomic E-state index is 13.2. The number of amides is 2. The molecule has 3 rings (SSSR count). The summed E-state index contributed by atoms with van der Waals surface area (Å²) in [6.45, 7) is 0.144. The van der Waals surface area contributed by atoms with Crippen molar-refractivity contribution in [3.63, 3.8) is 0 Å². The molecule has 0 aliphatic carbocycles. The van der Waals surface area contributed by atoms with Gasteiger partial charge in [0.25, 0.3) is 0 Å². The molecule has 2 aromatic carbocycles. The van der Waals surface area contributed by atoms with Crippen molar-refractivity contribution >= 4 is 27.5 Å². The zero-order valence-corrected chi connectivity index (χ0v) is 15.5. The third kappa shape index (κ3) is 4.53. The number of benzene rings is 2. The molecule has 0 saturated heterocycles. The predicted octanol–water partition coefficient (Wildman–Crippen LogP) is 1.64. The molecule has 2 aromatic rings. The van der Waals surface area contributed by atoms with E-state index in [0.29, 0.717) is 18.5 Å². The summed E-state index contributed by atoms with van der Waals surface area (Å²) >= 11 is 0. The molecule has 0 atom stereocenters. The zero-order valence-electron chi connectivity index (χ0n) is 14.7. The highest BCUT2D eigenvalue weighted by Crippen LogP contribution is 2.27. The van der Waals surface area contributed by atoms with E-state index in [0.717, 1.165) is 11.1 Å². The summed E-state index contributed by atoms with van der Waals surface area (Å²) in [4.78, 5) is 22.8. The average Bonchev–Trinajstić information content (AvgIpc) is 2.65. The predicted molar refractivity (Wildman–Crippen MR) is 101 cm³/mol. The number of carbonyl (C=O) groups is 2. The van der Waals surface area contributed by atoms with Crippen LogP contribution in [0.15, 0.2) is 53.4 Å². The first kappa shape index (κ1) is 19.1. The van der Waals surface area contributed by atoms with Crippen molar-refractivity contribution in [2.24, 2.45) is 5.73 Å². The molecular formula is C19H21N3O4S. The van der Waals surface area contributed by atoms with Gasteiger partial charge in [0.15, 0.2) is 0 Å². The van der Waals surface area contributed by atoms with Gasteiger partial charge in [-0.15, -0.1) is 0 Å². The van der Waals surface area contributed by atoms with Crippen LogP contribution in [0.4, 0.5) is 5.69 Å². The van der Waals surface area contributed by atoms with Gasteiger partial charge in [0.05, 0.1) is 4.90 Å². The summed E-state index contributed by atoms with van der Waals surface area (Å²) in [6, 6.07) is 13.8. The molecule has 0 radical (unpaired) electrons. The molecule has 7 nitrogen and oxygen atoms in total. The van der Waals surface area contributed by atoms with Crippen molar-refractivity contribution < 1.29 is 18.0 Å². The first-order valence-electron chi connectivity index (χ1n) is 8.61. The first-order chi connectivity index (χ1) is 12.9. The number of sulfonamides is 1. The first-order valence-corrected chi connectivity index (χ1v) is 10.1. The van der Waals surface area contributed by atoms with Gasteiger partial charge in [0.1, 0.15) is 0 Å². The third-order valence-corrected chi connectivity index (χ3v) is 6.26. The molecule has 142 valence electrons. The molecule has 0 fully saturated rings. The highest BCUT2D eigenvalue weighted by atomic mass is 32.2. The number of primary amides is 1. The maximum Gasteiger partial charge on any atom is 0.243 e. The number of fused-ring (bicyclic) bond motifs is 1. The van der Waals surface area contributed by atoms with Gasteiger partial charge in [-0.25, -0.2) is 8.42 Å². The van der Waals surface area contributed by atoms with Crippen LogP contribution in [0, 0.1) is 0 Å². The SMILES string of the molecule is NC(=O)CCN(Cc1ccccc1)S(=O)(=O)c1ccc2c(c1)CCC(=O)N2. The van der Waals surface area contributed by atoms with Gasteiger partial charge in [0.2, 0.25) is 21.8 Å². The lowest BCUT2D eigenvalue weighted by Crippen LogP contribution is -2.34. The standard InChI is InChI=1S/C19H21N3O4S/c20-18(23)10-11-22(13-14-4-2-1-3-5-14)27(25,26)16-7-8-17-15(12-16)6-9-19(24)21-17/h1-5,7-8,12H,6,9-11,13H2,(H2,20,23)(H,21,24). The largest absolute Gasteiger partial charge is 0.370 e. The Bertz CT molecular complexity index is 958. The van der Waals surface area contributed by atoms with Crippen LogP contribution in [0.3, 0.4) is 0 Å². The highest BCUT2D eigenvalue weighted by molar-refractivity contribution is 7.89. The number of anilines is 1. The van der Waals surface area contributed by atoms with Crippen molar-refractivity contribution in [3.05, 3.63) is 59.7 Å². The monoisotopic (exact) mass is 387 g/mol. The van der Waals surface area contributed by atoms with E-state index in [1.165, 1.54) is 10.4 Å². The summed E-state index contributed by atoms with van der Waals surface area (Å²) in [7, 11) is -3.83. The Morgan fingerprint density at radius 1 is 1.11 bits per heavy atom. The van der Waals surface area contributed by atoms with E-state index in [-0.39, 0.29) is 30.3 Å². The van der Waals surface area contributed by atoms with E-state index in [4.69, 9.17) is 5.73 Å². The Morgan fingerprint density at radius 3 is 2.56 bits per heavy atom. The van der Waals surface area contributed by atoms with E-state index in [1.54, 1.807) is 12.1 Å². The molecule has 2 amide bonds. The molecule has 0 saturated carbocycles. The molecule has 0 unspecified atom stereocenters. The van der Waals surface area contributed by atoms with Crippen LogP contribution in [0.25, 0.3) is 0 Å². The smallest absolute Gasteiger partial charge is 0.243 e. The number of nitrogens with zero attached hydrogens (tertiary/aromatic N) is 1. The lowest BCUT2D eigenvalue weighted by atomic mass is 10.0. The lowest BCUT2D eigenvalue weighted by Gasteiger charge is -2.23. The van der Waals surface area contributed by atoms with Gasteiger partial charge in [-0.1, -0.05) is 30.3 Å². The van der Waals surface area contributed by atoms with Crippen LogP contribution in [0.2, 0.25) is 0 Å². The minimum atomic E-state index is -3.83. The van der Waals surface area contributed by atoms with Crippen LogP contribution in [0.1, 0.15) is 24.0 Å². The quantitative estimate of drug-likeness (QED) is 0.752. The molecule has 0 spiro atoms. The van der Waals surface area contributed by atoms with Crippen LogP contribution >= 0.6 is 0 Å². The number of rotatable bonds is 7. The number of nitrogens with two attached hydrogens (primary N) is 1. The van der Waals surface area contributed by atoms with Crippen molar-refractivity contribution in [1.29, 1.82) is 0 Å². The van der Waals surface area contributed by atoms with E-state index < -0.39 is 15.9 Å². The van der Waals surface area contributed by atoms with Crippen LogP contribution < -0.4 is 11.1 Å². The van der Waals surface area contributed by atoms with E-state index >= 15 is 0 Å². The van der Waals surface area contributed by atoms with Crippen LogP contribution in [0.5, 0.6) is 0 Å². The minimum Gasteiger partial charge on any atom is -0.370 e. The van der Waals surface area contributed by atoms with Crippen LogP contribution in [-0.4, -0.2) is 31.1 Å². The second kappa shape index (κ2) is 7.89. The van der Waals surface area contributed by atoms with Crippen LogP contribution in [-0.2, 0) is 32.6 Å². The highest BCUT2D eigenvalue weighted by Gasteiger charge is 2.27. The Morgan fingerprint density at radius 2 is 1.85 bits per heavy atom. The molecule has 3 N–H and O–H groups in total. The average molecular weight is 387 g/mol. The van der Waals surface area contributed by atoms with Gasteiger partial charge >= 0.3 is 0 Å². The molecule has 1 aliphatic heterocycles. The summed E-state index contributed by atoms with van der Waals surface area (Å²) in [5.41, 5.74) is 7.45.